The standard InChI is InChI=1S/C12H10ClF2N3/c1-18(7-8-3-2-4-9(14)5-8)11-10(15)6-16-12(13)17-11/h2-6H,7H2,1H3. The van der Waals surface area contributed by atoms with E-state index in [1.165, 1.54) is 17.0 Å². The van der Waals surface area contributed by atoms with Crippen LogP contribution in [0, 0.1) is 11.6 Å². The predicted molar refractivity (Wildman–Crippen MR) is 65.5 cm³/mol. The van der Waals surface area contributed by atoms with Gasteiger partial charge in [-0.25, -0.2) is 13.8 Å². The van der Waals surface area contributed by atoms with Crippen LogP contribution in [0.2, 0.25) is 5.28 Å². The minimum absolute atomic E-state index is 0.0301. The van der Waals surface area contributed by atoms with Gasteiger partial charge in [-0.3, -0.25) is 0 Å². The van der Waals surface area contributed by atoms with E-state index in [0.29, 0.717) is 12.1 Å². The molecule has 6 heteroatoms. The first kappa shape index (κ1) is 12.7. The molecule has 2 rings (SSSR count). The topological polar surface area (TPSA) is 29.0 Å². The van der Waals surface area contributed by atoms with Crippen LogP contribution in [0.5, 0.6) is 0 Å². The SMILES string of the molecule is CN(Cc1cccc(F)c1)c1nc(Cl)ncc1F. The summed E-state index contributed by atoms with van der Waals surface area (Å²) in [5, 5.41) is -0.0301. The lowest BCUT2D eigenvalue weighted by molar-refractivity contribution is 0.606. The van der Waals surface area contributed by atoms with Crippen molar-refractivity contribution in [3.63, 3.8) is 0 Å². The zero-order chi connectivity index (χ0) is 13.1. The quantitative estimate of drug-likeness (QED) is 0.802. The third-order valence-electron chi connectivity index (χ3n) is 2.37. The van der Waals surface area contributed by atoms with E-state index in [-0.39, 0.29) is 16.9 Å². The lowest BCUT2D eigenvalue weighted by atomic mass is 10.2. The Kier molecular flexibility index (Phi) is 3.72. The molecule has 1 heterocycles. The van der Waals surface area contributed by atoms with Crippen molar-refractivity contribution in [2.45, 2.75) is 6.54 Å². The summed E-state index contributed by atoms with van der Waals surface area (Å²) in [6, 6.07) is 6.09. The molecule has 3 nitrogen and oxygen atoms in total. The molecular weight excluding hydrogens is 260 g/mol. The van der Waals surface area contributed by atoms with Crippen molar-refractivity contribution in [2.75, 3.05) is 11.9 Å². The molecule has 0 unspecified atom stereocenters. The predicted octanol–water partition coefficient (Wildman–Crippen LogP) is 3.04. The zero-order valence-corrected chi connectivity index (χ0v) is 10.3. The third-order valence-corrected chi connectivity index (χ3v) is 2.55. The van der Waals surface area contributed by atoms with Crippen molar-refractivity contribution in [1.82, 2.24) is 9.97 Å². The lowest BCUT2D eigenvalue weighted by Gasteiger charge is -2.18. The summed E-state index contributed by atoms with van der Waals surface area (Å²) in [7, 11) is 1.65. The molecule has 0 atom stereocenters. The van der Waals surface area contributed by atoms with Gasteiger partial charge in [0.25, 0.3) is 0 Å². The maximum Gasteiger partial charge on any atom is 0.224 e. The lowest BCUT2D eigenvalue weighted by Crippen LogP contribution is -2.19. The molecule has 0 saturated heterocycles. The molecule has 94 valence electrons. The van der Waals surface area contributed by atoms with Crippen LogP contribution in [0.4, 0.5) is 14.6 Å². The molecule has 0 saturated carbocycles. The molecule has 1 aromatic carbocycles. The van der Waals surface area contributed by atoms with Gasteiger partial charge >= 0.3 is 0 Å². The molecule has 1 aromatic heterocycles. The molecule has 0 spiro atoms. The molecule has 0 aliphatic rings. The molecule has 0 fully saturated rings. The van der Waals surface area contributed by atoms with Crippen LogP contribution in [0.25, 0.3) is 0 Å². The van der Waals surface area contributed by atoms with E-state index in [1.54, 1.807) is 19.2 Å². The number of nitrogens with zero attached hydrogens (tertiary/aromatic N) is 3. The monoisotopic (exact) mass is 269 g/mol. The molecule has 2 aromatic rings. The van der Waals surface area contributed by atoms with Crippen molar-refractivity contribution in [2.24, 2.45) is 0 Å². The Morgan fingerprint density at radius 2 is 2.11 bits per heavy atom. The normalized spacial score (nSPS) is 10.4. The van der Waals surface area contributed by atoms with Crippen LogP contribution in [-0.4, -0.2) is 17.0 Å². The number of anilines is 1. The van der Waals surface area contributed by atoms with E-state index in [0.717, 1.165) is 6.20 Å². The average molecular weight is 270 g/mol. The Labute approximate surface area is 108 Å². The van der Waals surface area contributed by atoms with Gasteiger partial charge in [0.2, 0.25) is 5.28 Å². The summed E-state index contributed by atoms with van der Waals surface area (Å²) in [6.07, 6.45) is 1.01. The Morgan fingerprint density at radius 3 is 2.83 bits per heavy atom. The number of halogens is 3. The van der Waals surface area contributed by atoms with Gasteiger partial charge in [0.15, 0.2) is 11.6 Å². The highest BCUT2D eigenvalue weighted by Crippen LogP contribution is 2.18. The smallest absolute Gasteiger partial charge is 0.224 e. The van der Waals surface area contributed by atoms with Gasteiger partial charge in [-0.15, -0.1) is 0 Å². The Balaban J connectivity index is 2.21. The third kappa shape index (κ3) is 2.92. The van der Waals surface area contributed by atoms with Gasteiger partial charge in [0, 0.05) is 13.6 Å². The van der Waals surface area contributed by atoms with Crippen molar-refractivity contribution in [3.05, 3.63) is 52.9 Å². The molecular formula is C12H10ClF2N3. The van der Waals surface area contributed by atoms with Crippen LogP contribution in [0.1, 0.15) is 5.56 Å². The average Bonchev–Trinajstić information content (AvgIpc) is 2.32. The highest BCUT2D eigenvalue weighted by molar-refractivity contribution is 6.28. The zero-order valence-electron chi connectivity index (χ0n) is 9.57. The highest BCUT2D eigenvalue weighted by atomic mass is 35.5. The molecule has 0 aliphatic carbocycles. The molecule has 0 radical (unpaired) electrons. The number of hydrogen-bond acceptors (Lipinski definition) is 3. The van der Waals surface area contributed by atoms with Crippen LogP contribution < -0.4 is 4.90 Å². The number of hydrogen-bond donors (Lipinski definition) is 0. The number of rotatable bonds is 3. The summed E-state index contributed by atoms with van der Waals surface area (Å²) in [5.74, 6) is -0.820. The minimum Gasteiger partial charge on any atom is -0.353 e. The molecule has 0 amide bonds. The van der Waals surface area contributed by atoms with Crippen LogP contribution in [-0.2, 0) is 6.54 Å². The maximum atomic E-state index is 13.5. The van der Waals surface area contributed by atoms with Crippen molar-refractivity contribution in [1.29, 1.82) is 0 Å². The van der Waals surface area contributed by atoms with Gasteiger partial charge in [-0.05, 0) is 29.3 Å². The van der Waals surface area contributed by atoms with E-state index in [9.17, 15) is 8.78 Å². The first-order chi connectivity index (χ1) is 8.56. The van der Waals surface area contributed by atoms with Gasteiger partial charge in [-0.2, -0.15) is 4.98 Å². The van der Waals surface area contributed by atoms with Crippen LogP contribution >= 0.6 is 11.6 Å². The second-order valence-electron chi connectivity index (χ2n) is 3.80. The van der Waals surface area contributed by atoms with E-state index in [4.69, 9.17) is 11.6 Å². The number of aromatic nitrogens is 2. The fourth-order valence-corrected chi connectivity index (χ4v) is 1.72. The summed E-state index contributed by atoms with van der Waals surface area (Å²) < 4.78 is 26.5. The first-order valence-electron chi connectivity index (χ1n) is 5.20. The molecule has 0 N–H and O–H groups in total. The van der Waals surface area contributed by atoms with E-state index in [1.807, 2.05) is 0 Å². The van der Waals surface area contributed by atoms with Gasteiger partial charge in [0.05, 0.1) is 6.20 Å². The van der Waals surface area contributed by atoms with Crippen LogP contribution in [0.15, 0.2) is 30.5 Å². The van der Waals surface area contributed by atoms with Gasteiger partial charge in [-0.1, -0.05) is 12.1 Å². The maximum absolute atomic E-state index is 13.5. The second-order valence-corrected chi connectivity index (χ2v) is 4.13. The largest absolute Gasteiger partial charge is 0.353 e. The Hall–Kier alpha value is -1.75. The van der Waals surface area contributed by atoms with E-state index in [2.05, 4.69) is 9.97 Å². The summed E-state index contributed by atoms with van der Waals surface area (Å²) in [5.41, 5.74) is 0.714. The summed E-state index contributed by atoms with van der Waals surface area (Å²) in [4.78, 5) is 8.88. The first-order valence-corrected chi connectivity index (χ1v) is 5.57. The van der Waals surface area contributed by atoms with E-state index < -0.39 is 5.82 Å². The Morgan fingerprint density at radius 1 is 1.33 bits per heavy atom. The molecule has 18 heavy (non-hydrogen) atoms. The van der Waals surface area contributed by atoms with Crippen LogP contribution in [0.3, 0.4) is 0 Å². The molecule has 0 aliphatic heterocycles. The fourth-order valence-electron chi connectivity index (χ4n) is 1.59. The number of benzene rings is 1. The molecule has 0 bridgehead atoms. The van der Waals surface area contributed by atoms with Crippen molar-refractivity contribution >= 4 is 17.4 Å². The minimum atomic E-state index is -0.571. The summed E-state index contributed by atoms with van der Waals surface area (Å²) in [6.45, 7) is 0.321. The van der Waals surface area contributed by atoms with Gasteiger partial charge < -0.3 is 4.90 Å². The highest BCUT2D eigenvalue weighted by Gasteiger charge is 2.11. The Bertz CT molecular complexity index is 563. The summed E-state index contributed by atoms with van der Waals surface area (Å²) >= 11 is 5.61. The fraction of sp³-hybridized carbons (Fsp3) is 0.167. The van der Waals surface area contributed by atoms with Crippen molar-refractivity contribution in [3.8, 4) is 0 Å². The van der Waals surface area contributed by atoms with Gasteiger partial charge in [0.1, 0.15) is 5.82 Å². The van der Waals surface area contributed by atoms with E-state index >= 15 is 0 Å². The second kappa shape index (κ2) is 5.27. The van der Waals surface area contributed by atoms with Crippen molar-refractivity contribution < 1.29 is 8.78 Å².